The van der Waals surface area contributed by atoms with E-state index in [9.17, 15) is 4.79 Å². The van der Waals surface area contributed by atoms with E-state index in [-0.39, 0.29) is 5.54 Å². The van der Waals surface area contributed by atoms with E-state index in [0.29, 0.717) is 0 Å². The van der Waals surface area contributed by atoms with E-state index < -0.39 is 0 Å². The normalized spacial score (nSPS) is 12.2. The summed E-state index contributed by atoms with van der Waals surface area (Å²) in [5.74, 6) is 0. The fraction of sp³-hybridized carbons (Fsp3) is 0.400. The number of carbonyl (C=O) groups excluding carboxylic acids is 1. The van der Waals surface area contributed by atoms with Crippen molar-refractivity contribution in [3.63, 3.8) is 0 Å². The van der Waals surface area contributed by atoms with Crippen LogP contribution < -0.4 is 0 Å². The lowest BCUT2D eigenvalue weighted by molar-refractivity contribution is -0.104. The third-order valence-corrected chi connectivity index (χ3v) is 1.66. The molecule has 0 spiro atoms. The van der Waals surface area contributed by atoms with Gasteiger partial charge in [-0.3, -0.25) is 9.48 Å². The van der Waals surface area contributed by atoms with Crippen LogP contribution in [0.25, 0.3) is 6.08 Å². The number of hydrogen-bond acceptors (Lipinski definition) is 2. The summed E-state index contributed by atoms with van der Waals surface area (Å²) in [6.07, 6.45) is 7.62. The van der Waals surface area contributed by atoms with Crippen LogP contribution in [-0.4, -0.2) is 16.1 Å². The highest BCUT2D eigenvalue weighted by Crippen LogP contribution is 2.13. The Morgan fingerprint density at radius 1 is 1.46 bits per heavy atom. The molecule has 1 aromatic rings. The lowest BCUT2D eigenvalue weighted by atomic mass is 10.1. The molecule has 0 aliphatic rings. The number of aromatic nitrogens is 2. The van der Waals surface area contributed by atoms with Crippen molar-refractivity contribution in [2.45, 2.75) is 26.3 Å². The van der Waals surface area contributed by atoms with Crippen LogP contribution in [0.15, 0.2) is 18.5 Å². The minimum Gasteiger partial charge on any atom is -0.299 e. The van der Waals surface area contributed by atoms with Gasteiger partial charge in [-0.2, -0.15) is 5.10 Å². The first kappa shape index (κ1) is 9.71. The highest BCUT2D eigenvalue weighted by Gasteiger charge is 2.12. The van der Waals surface area contributed by atoms with Crippen LogP contribution in [0.3, 0.4) is 0 Å². The molecule has 0 N–H and O–H groups in total. The van der Waals surface area contributed by atoms with E-state index in [1.54, 1.807) is 12.3 Å². The van der Waals surface area contributed by atoms with Gasteiger partial charge in [0.1, 0.15) is 6.29 Å². The van der Waals surface area contributed by atoms with Crippen molar-refractivity contribution >= 4 is 12.4 Å². The van der Waals surface area contributed by atoms with Gasteiger partial charge in [0.2, 0.25) is 0 Å². The fourth-order valence-corrected chi connectivity index (χ4v) is 0.940. The average Bonchev–Trinajstić information content (AvgIpc) is 2.47. The van der Waals surface area contributed by atoms with Crippen LogP contribution in [0.4, 0.5) is 0 Å². The van der Waals surface area contributed by atoms with Crippen molar-refractivity contribution < 1.29 is 4.79 Å². The first-order chi connectivity index (χ1) is 6.04. The van der Waals surface area contributed by atoms with E-state index in [1.807, 2.05) is 10.9 Å². The Labute approximate surface area is 78.1 Å². The lowest BCUT2D eigenvalue weighted by Crippen LogP contribution is -2.21. The minimum atomic E-state index is -0.00668. The second kappa shape index (κ2) is 3.56. The number of allylic oxidation sites excluding steroid dienone is 1. The molecule has 0 bridgehead atoms. The Morgan fingerprint density at radius 2 is 2.15 bits per heavy atom. The summed E-state index contributed by atoms with van der Waals surface area (Å²) in [6.45, 7) is 6.23. The van der Waals surface area contributed by atoms with E-state index in [1.165, 1.54) is 6.08 Å². The number of rotatable bonds is 2. The van der Waals surface area contributed by atoms with E-state index in [4.69, 9.17) is 0 Å². The molecule has 70 valence electrons. The molecule has 0 aliphatic heterocycles. The van der Waals surface area contributed by atoms with Gasteiger partial charge in [-0.25, -0.2) is 0 Å². The molecule has 3 nitrogen and oxygen atoms in total. The Morgan fingerprint density at radius 3 is 2.62 bits per heavy atom. The van der Waals surface area contributed by atoms with Crippen LogP contribution >= 0.6 is 0 Å². The molecule has 0 aromatic carbocycles. The molecular formula is C10H14N2O. The lowest BCUT2D eigenvalue weighted by Gasteiger charge is -2.18. The molecule has 1 heterocycles. The molecule has 1 aromatic heterocycles. The van der Waals surface area contributed by atoms with Crippen LogP contribution in [0.5, 0.6) is 0 Å². The first-order valence-corrected chi connectivity index (χ1v) is 4.21. The van der Waals surface area contributed by atoms with E-state index >= 15 is 0 Å². The molecule has 0 fully saturated rings. The molecule has 13 heavy (non-hydrogen) atoms. The summed E-state index contributed by atoms with van der Waals surface area (Å²) in [4.78, 5) is 10.1. The van der Waals surface area contributed by atoms with Gasteiger partial charge in [0.15, 0.2) is 0 Å². The zero-order valence-corrected chi connectivity index (χ0v) is 8.19. The zero-order chi connectivity index (χ0) is 9.90. The summed E-state index contributed by atoms with van der Waals surface area (Å²) in [7, 11) is 0. The molecule has 0 unspecified atom stereocenters. The maximum Gasteiger partial charge on any atom is 0.142 e. The molecule has 0 aliphatic carbocycles. The summed E-state index contributed by atoms with van der Waals surface area (Å²) in [6, 6.07) is 0. The SMILES string of the molecule is CC(C)(C)n1cc(/C=C/C=O)cn1. The van der Waals surface area contributed by atoms with Gasteiger partial charge < -0.3 is 0 Å². The number of carbonyl (C=O) groups is 1. The van der Waals surface area contributed by atoms with Gasteiger partial charge >= 0.3 is 0 Å². The maximum atomic E-state index is 10.1. The van der Waals surface area contributed by atoms with Gasteiger partial charge in [-0.05, 0) is 32.9 Å². The summed E-state index contributed by atoms with van der Waals surface area (Å²) in [5, 5.41) is 4.19. The molecular weight excluding hydrogens is 164 g/mol. The first-order valence-electron chi connectivity index (χ1n) is 4.21. The monoisotopic (exact) mass is 178 g/mol. The average molecular weight is 178 g/mol. The number of hydrogen-bond donors (Lipinski definition) is 0. The molecule has 3 heteroatoms. The molecule has 0 saturated heterocycles. The third kappa shape index (κ3) is 2.54. The van der Waals surface area contributed by atoms with Crippen molar-refractivity contribution in [2.75, 3.05) is 0 Å². The second-order valence-corrected chi connectivity index (χ2v) is 3.88. The molecule has 0 saturated carbocycles. The Balaban J connectivity index is 2.87. The molecule has 0 atom stereocenters. The van der Waals surface area contributed by atoms with Gasteiger partial charge in [-0.1, -0.05) is 0 Å². The summed E-state index contributed by atoms with van der Waals surface area (Å²) < 4.78 is 1.87. The van der Waals surface area contributed by atoms with Gasteiger partial charge in [0, 0.05) is 11.8 Å². The fourth-order valence-electron chi connectivity index (χ4n) is 0.940. The van der Waals surface area contributed by atoms with Crippen LogP contribution in [0.2, 0.25) is 0 Å². The van der Waals surface area contributed by atoms with Gasteiger partial charge in [0.25, 0.3) is 0 Å². The highest BCUT2D eigenvalue weighted by molar-refractivity contribution is 5.73. The smallest absolute Gasteiger partial charge is 0.142 e. The molecule has 1 rings (SSSR count). The van der Waals surface area contributed by atoms with Crippen molar-refractivity contribution in [1.29, 1.82) is 0 Å². The standard InChI is InChI=1S/C10H14N2O/c1-10(2,3)12-8-9(7-11-12)5-4-6-13/h4-8H,1-3H3/b5-4+. The predicted octanol–water partition coefficient (Wildman–Crippen LogP) is 1.85. The van der Waals surface area contributed by atoms with Crippen molar-refractivity contribution in [3.8, 4) is 0 Å². The summed E-state index contributed by atoms with van der Waals surface area (Å²) in [5.41, 5.74) is 0.940. The van der Waals surface area contributed by atoms with Crippen LogP contribution in [0, 0.1) is 0 Å². The Bertz CT molecular complexity index is 318. The van der Waals surface area contributed by atoms with E-state index in [2.05, 4.69) is 25.9 Å². The van der Waals surface area contributed by atoms with Crippen molar-refractivity contribution in [2.24, 2.45) is 0 Å². The van der Waals surface area contributed by atoms with Gasteiger partial charge in [-0.15, -0.1) is 0 Å². The molecule has 0 radical (unpaired) electrons. The van der Waals surface area contributed by atoms with Crippen LogP contribution in [0.1, 0.15) is 26.3 Å². The quantitative estimate of drug-likeness (QED) is 0.511. The highest BCUT2D eigenvalue weighted by atomic mass is 16.1. The number of nitrogens with zero attached hydrogens (tertiary/aromatic N) is 2. The number of aldehydes is 1. The van der Waals surface area contributed by atoms with Crippen molar-refractivity contribution in [1.82, 2.24) is 9.78 Å². The third-order valence-electron chi connectivity index (χ3n) is 1.66. The van der Waals surface area contributed by atoms with Crippen molar-refractivity contribution in [3.05, 3.63) is 24.0 Å². The maximum absolute atomic E-state index is 10.1. The van der Waals surface area contributed by atoms with Crippen LogP contribution in [-0.2, 0) is 10.3 Å². The molecule has 0 amide bonds. The zero-order valence-electron chi connectivity index (χ0n) is 8.19. The Hall–Kier alpha value is -1.38. The van der Waals surface area contributed by atoms with E-state index in [0.717, 1.165) is 11.8 Å². The predicted molar refractivity (Wildman–Crippen MR) is 52.3 cm³/mol. The minimum absolute atomic E-state index is 0.00668. The largest absolute Gasteiger partial charge is 0.299 e. The van der Waals surface area contributed by atoms with Gasteiger partial charge in [0.05, 0.1) is 11.7 Å². The topological polar surface area (TPSA) is 34.9 Å². The second-order valence-electron chi connectivity index (χ2n) is 3.88. The summed E-state index contributed by atoms with van der Waals surface area (Å²) >= 11 is 0. The Kier molecular flexibility index (Phi) is 2.66.